The van der Waals surface area contributed by atoms with Gasteiger partial charge in [-0.05, 0) is 31.5 Å². The van der Waals surface area contributed by atoms with Gasteiger partial charge < -0.3 is 15.4 Å². The van der Waals surface area contributed by atoms with E-state index in [2.05, 4.69) is 20.3 Å². The number of H-pyrrole nitrogens is 1. The first-order chi connectivity index (χ1) is 13.9. The van der Waals surface area contributed by atoms with Crippen molar-refractivity contribution in [3.05, 3.63) is 70.4 Å². The summed E-state index contributed by atoms with van der Waals surface area (Å²) >= 11 is 1.29. The highest BCUT2D eigenvalue weighted by molar-refractivity contribution is 7.17. The van der Waals surface area contributed by atoms with Crippen molar-refractivity contribution in [2.45, 2.75) is 19.9 Å². The minimum Gasteiger partial charge on any atom is -0.478 e. The number of thiophene rings is 1. The van der Waals surface area contributed by atoms with E-state index in [1.54, 1.807) is 18.3 Å². The first-order valence-electron chi connectivity index (χ1n) is 8.97. The van der Waals surface area contributed by atoms with Gasteiger partial charge in [-0.1, -0.05) is 29.8 Å². The number of hydrogen-bond donors (Lipinski definition) is 3. The predicted molar refractivity (Wildman–Crippen MR) is 111 cm³/mol. The quantitative estimate of drug-likeness (QED) is 0.461. The lowest BCUT2D eigenvalue weighted by Crippen LogP contribution is -2.25. The SMILES string of the molecule is Cc1ccc(C(C)NC(=O)c2ccc(-c3cnc4[nH]cc(C(=O)O)c4n3)s2)cc1. The van der Waals surface area contributed by atoms with Crippen molar-refractivity contribution in [3.8, 4) is 10.6 Å². The van der Waals surface area contributed by atoms with Crippen LogP contribution in [0.3, 0.4) is 0 Å². The predicted octanol–water partition coefficient (Wildman–Crippen LogP) is 4.18. The van der Waals surface area contributed by atoms with Crippen LogP contribution >= 0.6 is 11.3 Å². The Morgan fingerprint density at radius 2 is 1.93 bits per heavy atom. The van der Waals surface area contributed by atoms with Crippen LogP contribution in [0.4, 0.5) is 0 Å². The lowest BCUT2D eigenvalue weighted by molar-refractivity contribution is 0.0698. The Kier molecular flexibility index (Phi) is 4.85. The smallest absolute Gasteiger partial charge is 0.339 e. The zero-order valence-corrected chi connectivity index (χ0v) is 16.6. The molecular formula is C21H18N4O3S. The van der Waals surface area contributed by atoms with E-state index in [0.717, 1.165) is 10.4 Å². The molecule has 3 heterocycles. The second-order valence-corrected chi connectivity index (χ2v) is 7.81. The summed E-state index contributed by atoms with van der Waals surface area (Å²) in [6.07, 6.45) is 2.93. The molecule has 0 aliphatic heterocycles. The summed E-state index contributed by atoms with van der Waals surface area (Å²) in [7, 11) is 0. The summed E-state index contributed by atoms with van der Waals surface area (Å²) < 4.78 is 0. The topological polar surface area (TPSA) is 108 Å². The van der Waals surface area contributed by atoms with Crippen LogP contribution in [0.5, 0.6) is 0 Å². The molecule has 4 rings (SSSR count). The van der Waals surface area contributed by atoms with E-state index in [0.29, 0.717) is 21.7 Å². The molecule has 1 aromatic carbocycles. The van der Waals surface area contributed by atoms with Gasteiger partial charge in [-0.3, -0.25) is 4.79 Å². The minimum absolute atomic E-state index is 0.0656. The first-order valence-corrected chi connectivity index (χ1v) is 9.79. The van der Waals surface area contributed by atoms with E-state index >= 15 is 0 Å². The lowest BCUT2D eigenvalue weighted by Gasteiger charge is -2.13. The van der Waals surface area contributed by atoms with Gasteiger partial charge in [0.05, 0.1) is 27.7 Å². The van der Waals surface area contributed by atoms with E-state index < -0.39 is 5.97 Å². The minimum atomic E-state index is -1.07. The number of rotatable bonds is 5. The molecule has 0 fully saturated rings. The maximum atomic E-state index is 12.6. The van der Waals surface area contributed by atoms with Crippen LogP contribution in [0.2, 0.25) is 0 Å². The number of aromatic nitrogens is 3. The van der Waals surface area contributed by atoms with Crippen molar-refractivity contribution in [3.63, 3.8) is 0 Å². The highest BCUT2D eigenvalue weighted by Gasteiger charge is 2.17. The number of amides is 1. The van der Waals surface area contributed by atoms with E-state index in [1.165, 1.54) is 23.1 Å². The second kappa shape index (κ2) is 7.48. The Labute approximate surface area is 170 Å². The molecule has 0 saturated carbocycles. The van der Waals surface area contributed by atoms with Crippen molar-refractivity contribution in [1.82, 2.24) is 20.3 Å². The normalized spacial score (nSPS) is 12.1. The van der Waals surface area contributed by atoms with Gasteiger partial charge in [0.1, 0.15) is 11.1 Å². The number of aryl methyl sites for hydroxylation is 1. The lowest BCUT2D eigenvalue weighted by atomic mass is 10.1. The van der Waals surface area contributed by atoms with Crippen LogP contribution in [0, 0.1) is 6.92 Å². The van der Waals surface area contributed by atoms with E-state index in [9.17, 15) is 14.7 Å². The van der Waals surface area contributed by atoms with Gasteiger partial charge in [0.25, 0.3) is 5.91 Å². The number of fused-ring (bicyclic) bond motifs is 1. The van der Waals surface area contributed by atoms with Gasteiger partial charge >= 0.3 is 5.97 Å². The molecule has 1 unspecified atom stereocenters. The second-order valence-electron chi connectivity index (χ2n) is 6.73. The van der Waals surface area contributed by atoms with Crippen molar-refractivity contribution < 1.29 is 14.7 Å². The summed E-state index contributed by atoms with van der Waals surface area (Å²) in [5.41, 5.74) is 3.49. The fraction of sp³-hybridized carbons (Fsp3) is 0.143. The van der Waals surface area contributed by atoms with Gasteiger partial charge in [0, 0.05) is 6.20 Å². The number of carbonyl (C=O) groups excluding carboxylic acids is 1. The Bertz CT molecular complexity index is 1210. The molecule has 146 valence electrons. The maximum Gasteiger partial charge on any atom is 0.339 e. The summed E-state index contributed by atoms with van der Waals surface area (Å²) in [6, 6.07) is 11.4. The van der Waals surface area contributed by atoms with Crippen LogP contribution in [-0.2, 0) is 0 Å². The third kappa shape index (κ3) is 3.74. The largest absolute Gasteiger partial charge is 0.478 e. The number of aromatic amines is 1. The Hall–Kier alpha value is -3.52. The molecule has 4 aromatic rings. The van der Waals surface area contributed by atoms with Gasteiger partial charge in [-0.15, -0.1) is 11.3 Å². The van der Waals surface area contributed by atoms with Crippen molar-refractivity contribution in [2.24, 2.45) is 0 Å². The maximum absolute atomic E-state index is 12.6. The molecule has 0 aliphatic rings. The number of nitrogens with zero attached hydrogens (tertiary/aromatic N) is 2. The molecule has 7 nitrogen and oxygen atoms in total. The highest BCUT2D eigenvalue weighted by Crippen LogP contribution is 2.28. The fourth-order valence-electron chi connectivity index (χ4n) is 2.98. The fourth-order valence-corrected chi connectivity index (χ4v) is 3.84. The third-order valence-corrected chi connectivity index (χ3v) is 5.72. The average Bonchev–Trinajstić information content (AvgIpc) is 3.35. The molecule has 1 amide bonds. The molecule has 3 N–H and O–H groups in total. The van der Waals surface area contributed by atoms with Crippen molar-refractivity contribution in [1.29, 1.82) is 0 Å². The summed E-state index contributed by atoms with van der Waals surface area (Å²) in [5, 5.41) is 12.3. The summed E-state index contributed by atoms with van der Waals surface area (Å²) in [6.45, 7) is 3.96. The van der Waals surface area contributed by atoms with Crippen LogP contribution in [0.25, 0.3) is 21.7 Å². The van der Waals surface area contributed by atoms with Gasteiger partial charge in [0.15, 0.2) is 5.65 Å². The standard InChI is InChI=1S/C21H18N4O3S/c1-11-3-5-13(6-4-11)12(2)24-20(26)17-8-7-16(29-17)15-10-23-19-18(25-15)14(9-22-19)21(27)28/h3-10,12H,1-2H3,(H,22,23)(H,24,26)(H,27,28). The third-order valence-electron chi connectivity index (χ3n) is 4.62. The van der Waals surface area contributed by atoms with E-state index in [-0.39, 0.29) is 17.5 Å². The zero-order chi connectivity index (χ0) is 20.5. The molecular weight excluding hydrogens is 388 g/mol. The van der Waals surface area contributed by atoms with Crippen LogP contribution in [0.1, 0.15) is 44.1 Å². The Morgan fingerprint density at radius 3 is 2.66 bits per heavy atom. The number of carboxylic acid groups (broad SMARTS) is 1. The van der Waals surface area contributed by atoms with Crippen molar-refractivity contribution in [2.75, 3.05) is 0 Å². The molecule has 8 heteroatoms. The van der Waals surface area contributed by atoms with Crippen molar-refractivity contribution >= 4 is 34.4 Å². The average molecular weight is 406 g/mol. The molecule has 0 aliphatic carbocycles. The summed E-state index contributed by atoms with van der Waals surface area (Å²) in [5.74, 6) is -1.24. The molecule has 0 bridgehead atoms. The number of nitrogens with one attached hydrogen (secondary N) is 2. The molecule has 29 heavy (non-hydrogen) atoms. The monoisotopic (exact) mass is 406 g/mol. The Morgan fingerprint density at radius 1 is 1.17 bits per heavy atom. The van der Waals surface area contributed by atoms with Crippen LogP contribution < -0.4 is 5.32 Å². The van der Waals surface area contributed by atoms with Gasteiger partial charge in [-0.2, -0.15) is 0 Å². The zero-order valence-electron chi connectivity index (χ0n) is 15.8. The summed E-state index contributed by atoms with van der Waals surface area (Å²) in [4.78, 5) is 36.7. The number of carboxylic acids is 1. The van der Waals surface area contributed by atoms with E-state index in [4.69, 9.17) is 0 Å². The Balaban J connectivity index is 1.55. The van der Waals surface area contributed by atoms with Crippen LogP contribution in [-0.4, -0.2) is 31.9 Å². The van der Waals surface area contributed by atoms with Gasteiger partial charge in [0.2, 0.25) is 0 Å². The number of benzene rings is 1. The number of carbonyl (C=O) groups is 2. The molecule has 3 aromatic heterocycles. The molecule has 0 radical (unpaired) electrons. The van der Waals surface area contributed by atoms with Crippen LogP contribution in [0.15, 0.2) is 48.8 Å². The first kappa shape index (κ1) is 18.8. The highest BCUT2D eigenvalue weighted by atomic mass is 32.1. The molecule has 1 atom stereocenters. The molecule has 0 spiro atoms. The number of aromatic carboxylic acids is 1. The van der Waals surface area contributed by atoms with Gasteiger partial charge in [-0.25, -0.2) is 14.8 Å². The number of hydrogen-bond acceptors (Lipinski definition) is 5. The molecule has 0 saturated heterocycles. The van der Waals surface area contributed by atoms with E-state index in [1.807, 2.05) is 38.1 Å².